The van der Waals surface area contributed by atoms with E-state index in [0.717, 1.165) is 12.1 Å². The Kier molecular flexibility index (Phi) is 3.76. The number of carboxylic acids is 1. The molecule has 90 valence electrons. The van der Waals surface area contributed by atoms with Crippen LogP contribution in [0.3, 0.4) is 0 Å². The van der Waals surface area contributed by atoms with E-state index in [2.05, 4.69) is 9.99 Å². The number of nitrogens with two attached hydrogens (primary N) is 1. The first-order chi connectivity index (χ1) is 7.93. The van der Waals surface area contributed by atoms with Crippen LogP contribution >= 0.6 is 0 Å². The van der Waals surface area contributed by atoms with E-state index in [1.54, 1.807) is 0 Å². The van der Waals surface area contributed by atoms with Crippen molar-refractivity contribution in [3.8, 4) is 0 Å². The fourth-order valence-corrected chi connectivity index (χ4v) is 1.07. The van der Waals surface area contributed by atoms with Crippen LogP contribution in [0.5, 0.6) is 0 Å². The first-order valence-corrected chi connectivity index (χ1v) is 4.46. The van der Waals surface area contributed by atoms with E-state index in [4.69, 9.17) is 10.8 Å². The van der Waals surface area contributed by atoms with E-state index < -0.39 is 28.9 Å². The summed E-state index contributed by atoms with van der Waals surface area (Å²) in [4.78, 5) is 26.5. The zero-order chi connectivity index (χ0) is 13.0. The van der Waals surface area contributed by atoms with Crippen molar-refractivity contribution in [2.75, 3.05) is 0 Å². The molecule has 0 fully saturated rings. The lowest BCUT2D eigenvalue weighted by Gasteiger charge is -2.04. The number of carbonyl (C=O) groups excluding carboxylic acids is 1. The van der Waals surface area contributed by atoms with E-state index in [0.29, 0.717) is 0 Å². The maximum atomic E-state index is 13.3. The molecule has 0 bridgehead atoms. The van der Waals surface area contributed by atoms with Crippen molar-refractivity contribution in [2.45, 2.75) is 6.92 Å². The van der Waals surface area contributed by atoms with Gasteiger partial charge in [0.2, 0.25) is 0 Å². The van der Waals surface area contributed by atoms with Gasteiger partial charge in [0, 0.05) is 0 Å². The van der Waals surface area contributed by atoms with Gasteiger partial charge in [0.1, 0.15) is 17.2 Å². The van der Waals surface area contributed by atoms with Crippen molar-refractivity contribution < 1.29 is 23.9 Å². The van der Waals surface area contributed by atoms with Crippen molar-refractivity contribution in [3.63, 3.8) is 0 Å². The number of carbonyl (C=O) groups is 2. The molecule has 0 aliphatic rings. The van der Waals surface area contributed by atoms with Gasteiger partial charge in [-0.25, -0.2) is 14.0 Å². The molecule has 0 aliphatic heterocycles. The Labute approximate surface area is 95.5 Å². The Morgan fingerprint density at radius 2 is 2.12 bits per heavy atom. The lowest BCUT2D eigenvalue weighted by Crippen LogP contribution is -2.14. The van der Waals surface area contributed by atoms with Crippen molar-refractivity contribution >= 4 is 17.8 Å². The molecule has 1 aromatic carbocycles. The van der Waals surface area contributed by atoms with Crippen LogP contribution in [0.4, 0.5) is 4.39 Å². The third-order valence-corrected chi connectivity index (χ3v) is 1.72. The van der Waals surface area contributed by atoms with Crippen LogP contribution in [0.1, 0.15) is 27.6 Å². The fraction of sp³-hybridized carbons (Fsp3) is 0.100. The summed E-state index contributed by atoms with van der Waals surface area (Å²) in [6.45, 7) is 1.35. The van der Waals surface area contributed by atoms with E-state index in [9.17, 15) is 14.0 Å². The minimum absolute atomic E-state index is 0.0495. The molecule has 3 N–H and O–H groups in total. The standard InChI is InChI=1S/C10H9FN2O4/c1-5(12)13-17-10(16)8-6(9(14)15)3-2-4-7(8)11/h2-4H,1H3,(H2,12,13)(H,14,15). The third-order valence-electron chi connectivity index (χ3n) is 1.72. The topological polar surface area (TPSA) is 102 Å². The zero-order valence-electron chi connectivity index (χ0n) is 8.81. The van der Waals surface area contributed by atoms with Crippen LogP contribution in [0.15, 0.2) is 23.4 Å². The number of hydrogen-bond donors (Lipinski definition) is 2. The highest BCUT2D eigenvalue weighted by Crippen LogP contribution is 2.15. The molecule has 0 heterocycles. The summed E-state index contributed by atoms with van der Waals surface area (Å²) in [5.74, 6) is -3.71. The lowest BCUT2D eigenvalue weighted by molar-refractivity contribution is 0.0498. The van der Waals surface area contributed by atoms with Crippen LogP contribution in [0.25, 0.3) is 0 Å². The van der Waals surface area contributed by atoms with Crippen LogP contribution in [-0.4, -0.2) is 22.9 Å². The first-order valence-electron chi connectivity index (χ1n) is 4.46. The number of rotatable bonds is 3. The van der Waals surface area contributed by atoms with Gasteiger partial charge < -0.3 is 15.7 Å². The molecule has 6 nitrogen and oxygen atoms in total. The highest BCUT2D eigenvalue weighted by molar-refractivity contribution is 6.02. The summed E-state index contributed by atoms with van der Waals surface area (Å²) in [7, 11) is 0. The van der Waals surface area contributed by atoms with Gasteiger partial charge in [-0.1, -0.05) is 11.2 Å². The number of halogens is 1. The number of oxime groups is 1. The van der Waals surface area contributed by atoms with E-state index in [-0.39, 0.29) is 5.84 Å². The van der Waals surface area contributed by atoms with Crippen molar-refractivity contribution in [3.05, 3.63) is 35.1 Å². The third kappa shape index (κ3) is 3.00. The summed E-state index contributed by atoms with van der Waals surface area (Å²) >= 11 is 0. The molecular formula is C10H9FN2O4. The van der Waals surface area contributed by atoms with Crippen LogP contribution in [0.2, 0.25) is 0 Å². The fourth-order valence-electron chi connectivity index (χ4n) is 1.07. The van der Waals surface area contributed by atoms with Crippen LogP contribution < -0.4 is 5.73 Å². The largest absolute Gasteiger partial charge is 0.478 e. The highest BCUT2D eigenvalue weighted by atomic mass is 19.1. The normalized spacial score (nSPS) is 11.1. The molecule has 7 heteroatoms. The van der Waals surface area contributed by atoms with Gasteiger partial charge in [0.05, 0.1) is 5.56 Å². The van der Waals surface area contributed by atoms with E-state index in [1.165, 1.54) is 13.0 Å². The minimum atomic E-state index is -1.44. The maximum Gasteiger partial charge on any atom is 0.369 e. The summed E-state index contributed by atoms with van der Waals surface area (Å²) in [5, 5.41) is 11.9. The number of benzene rings is 1. The summed E-state index contributed by atoms with van der Waals surface area (Å²) < 4.78 is 13.3. The predicted octanol–water partition coefficient (Wildman–Crippen LogP) is 0.973. The Balaban J connectivity index is 3.16. The number of nitrogens with zero attached hydrogens (tertiary/aromatic N) is 1. The second-order valence-electron chi connectivity index (χ2n) is 3.08. The minimum Gasteiger partial charge on any atom is -0.478 e. The molecule has 0 saturated heterocycles. The molecule has 0 spiro atoms. The van der Waals surface area contributed by atoms with E-state index in [1.807, 2.05) is 0 Å². The van der Waals surface area contributed by atoms with Crippen molar-refractivity contribution in [1.29, 1.82) is 0 Å². The van der Waals surface area contributed by atoms with Gasteiger partial charge >= 0.3 is 11.9 Å². The molecule has 1 aromatic rings. The van der Waals surface area contributed by atoms with Gasteiger partial charge in [-0.3, -0.25) is 0 Å². The monoisotopic (exact) mass is 240 g/mol. The Hall–Kier alpha value is -2.44. The molecule has 0 amide bonds. The summed E-state index contributed by atoms with van der Waals surface area (Å²) in [5.41, 5.74) is 3.93. The smallest absolute Gasteiger partial charge is 0.369 e. The molecule has 0 radical (unpaired) electrons. The molecule has 0 atom stereocenters. The SMILES string of the molecule is C/C(N)=N/OC(=O)c1c(F)cccc1C(=O)O. The lowest BCUT2D eigenvalue weighted by atomic mass is 10.1. The predicted molar refractivity (Wildman–Crippen MR) is 56.1 cm³/mol. The molecular weight excluding hydrogens is 231 g/mol. The Morgan fingerprint density at radius 1 is 1.47 bits per heavy atom. The first kappa shape index (κ1) is 12.6. The molecule has 0 unspecified atom stereocenters. The summed E-state index contributed by atoms with van der Waals surface area (Å²) in [6, 6.07) is 3.20. The van der Waals surface area contributed by atoms with Gasteiger partial charge in [-0.15, -0.1) is 0 Å². The quantitative estimate of drug-likeness (QED) is 0.355. The molecule has 0 aliphatic carbocycles. The average molecular weight is 240 g/mol. The van der Waals surface area contributed by atoms with Gasteiger partial charge in [-0.05, 0) is 19.1 Å². The zero-order valence-corrected chi connectivity index (χ0v) is 8.81. The van der Waals surface area contributed by atoms with Crippen LogP contribution in [0, 0.1) is 5.82 Å². The molecule has 1 rings (SSSR count). The molecule has 17 heavy (non-hydrogen) atoms. The van der Waals surface area contributed by atoms with E-state index >= 15 is 0 Å². The van der Waals surface area contributed by atoms with Gasteiger partial charge in [0.25, 0.3) is 0 Å². The number of hydrogen-bond acceptors (Lipinski definition) is 4. The number of carboxylic acid groups (broad SMARTS) is 1. The molecule has 0 saturated carbocycles. The Morgan fingerprint density at radius 3 is 2.65 bits per heavy atom. The maximum absolute atomic E-state index is 13.3. The van der Waals surface area contributed by atoms with Crippen molar-refractivity contribution in [2.24, 2.45) is 10.9 Å². The van der Waals surface area contributed by atoms with Crippen molar-refractivity contribution in [1.82, 2.24) is 0 Å². The molecule has 0 aromatic heterocycles. The van der Waals surface area contributed by atoms with Gasteiger partial charge in [0.15, 0.2) is 0 Å². The Bertz CT molecular complexity index is 495. The second kappa shape index (κ2) is 5.06. The average Bonchev–Trinajstić information content (AvgIpc) is 2.25. The highest BCUT2D eigenvalue weighted by Gasteiger charge is 2.22. The number of aromatic carboxylic acids is 1. The van der Waals surface area contributed by atoms with Crippen LogP contribution in [-0.2, 0) is 4.84 Å². The summed E-state index contributed by atoms with van der Waals surface area (Å²) in [6.07, 6.45) is 0. The second-order valence-corrected chi connectivity index (χ2v) is 3.08. The number of amidine groups is 1. The van der Waals surface area contributed by atoms with Gasteiger partial charge in [-0.2, -0.15) is 0 Å².